The van der Waals surface area contributed by atoms with Crippen molar-refractivity contribution in [1.29, 1.82) is 0 Å². The van der Waals surface area contributed by atoms with Gasteiger partial charge in [-0.15, -0.1) is 0 Å². The Morgan fingerprint density at radius 3 is 2.79 bits per heavy atom. The lowest BCUT2D eigenvalue weighted by Gasteiger charge is -2.26. The van der Waals surface area contributed by atoms with E-state index in [0.29, 0.717) is 13.0 Å². The van der Waals surface area contributed by atoms with Crippen molar-refractivity contribution in [3.63, 3.8) is 0 Å². The molecule has 4 heteroatoms. The third kappa shape index (κ3) is 1.92. The standard InChI is InChI=1S/C10H12O4/c11-8-1-4-10(5-2-8)13-6-3-9(12)7-14-10/h1-2,4-5,9,12H,3,6-7H2/t9-/m0/s1. The van der Waals surface area contributed by atoms with Crippen LogP contribution in [0.2, 0.25) is 0 Å². The highest BCUT2D eigenvalue weighted by atomic mass is 16.7. The molecule has 0 bridgehead atoms. The highest BCUT2D eigenvalue weighted by Crippen LogP contribution is 2.24. The molecule has 2 rings (SSSR count). The Hall–Kier alpha value is -0.970. The summed E-state index contributed by atoms with van der Waals surface area (Å²) in [5.74, 6) is -1.02. The summed E-state index contributed by atoms with van der Waals surface area (Å²) in [4.78, 5) is 10.9. The molecule has 14 heavy (non-hydrogen) atoms. The molecule has 1 N–H and O–H groups in total. The van der Waals surface area contributed by atoms with E-state index in [9.17, 15) is 9.90 Å². The summed E-state index contributed by atoms with van der Waals surface area (Å²) in [5, 5.41) is 9.34. The first-order chi connectivity index (χ1) is 6.70. The van der Waals surface area contributed by atoms with Crippen molar-refractivity contribution < 1.29 is 19.4 Å². The van der Waals surface area contributed by atoms with Crippen LogP contribution in [0.15, 0.2) is 24.3 Å². The molecule has 0 amide bonds. The van der Waals surface area contributed by atoms with Gasteiger partial charge in [-0.25, -0.2) is 0 Å². The molecule has 0 aromatic heterocycles. The fourth-order valence-electron chi connectivity index (χ4n) is 1.41. The van der Waals surface area contributed by atoms with Gasteiger partial charge in [0.1, 0.15) is 0 Å². The molecule has 0 aromatic carbocycles. The lowest BCUT2D eigenvalue weighted by molar-refractivity contribution is -0.162. The summed E-state index contributed by atoms with van der Waals surface area (Å²) in [7, 11) is 0. The number of carbonyl (C=O) groups is 1. The number of aliphatic hydroxyl groups is 1. The van der Waals surface area contributed by atoms with Crippen molar-refractivity contribution in [3.05, 3.63) is 24.3 Å². The van der Waals surface area contributed by atoms with Crippen LogP contribution in [0, 0.1) is 0 Å². The average Bonchev–Trinajstić information content (AvgIpc) is 2.36. The van der Waals surface area contributed by atoms with Gasteiger partial charge in [0.05, 0.1) is 19.3 Å². The predicted octanol–water partition coefficient (Wildman–Crippen LogP) is 0.176. The van der Waals surface area contributed by atoms with E-state index in [1.54, 1.807) is 12.2 Å². The maximum absolute atomic E-state index is 10.9. The highest BCUT2D eigenvalue weighted by Gasteiger charge is 2.31. The minimum Gasteiger partial charge on any atom is -0.391 e. The van der Waals surface area contributed by atoms with Crippen molar-refractivity contribution >= 4 is 5.78 Å². The van der Waals surface area contributed by atoms with Crippen LogP contribution in [-0.2, 0) is 14.3 Å². The van der Waals surface area contributed by atoms with E-state index >= 15 is 0 Å². The summed E-state index contributed by atoms with van der Waals surface area (Å²) in [5.41, 5.74) is 0. The number of hydrogen-bond acceptors (Lipinski definition) is 4. The van der Waals surface area contributed by atoms with Crippen molar-refractivity contribution in [2.45, 2.75) is 18.3 Å². The summed E-state index contributed by atoms with van der Waals surface area (Å²) < 4.78 is 10.8. The molecule has 0 unspecified atom stereocenters. The molecule has 1 fully saturated rings. The van der Waals surface area contributed by atoms with E-state index < -0.39 is 11.9 Å². The number of ketones is 1. The molecule has 0 aromatic rings. The molecule has 76 valence electrons. The number of rotatable bonds is 0. The SMILES string of the molecule is O=C1C=CC2(C=C1)OCC[C@H](O)CO2. The van der Waals surface area contributed by atoms with Gasteiger partial charge >= 0.3 is 0 Å². The minimum absolute atomic E-state index is 0.0763. The van der Waals surface area contributed by atoms with Crippen LogP contribution in [0.25, 0.3) is 0 Å². The largest absolute Gasteiger partial charge is 0.391 e. The van der Waals surface area contributed by atoms with Crippen LogP contribution in [0.3, 0.4) is 0 Å². The molecule has 1 spiro atoms. The monoisotopic (exact) mass is 196 g/mol. The van der Waals surface area contributed by atoms with Gasteiger partial charge in [-0.1, -0.05) is 0 Å². The van der Waals surface area contributed by atoms with Gasteiger partial charge in [-0.2, -0.15) is 0 Å². The molecule has 4 nitrogen and oxygen atoms in total. The first-order valence-corrected chi connectivity index (χ1v) is 4.59. The average molecular weight is 196 g/mol. The third-order valence-electron chi connectivity index (χ3n) is 2.24. The molecule has 1 aliphatic carbocycles. The van der Waals surface area contributed by atoms with E-state index in [-0.39, 0.29) is 12.4 Å². The van der Waals surface area contributed by atoms with E-state index in [0.717, 1.165) is 0 Å². The second kappa shape index (κ2) is 3.65. The van der Waals surface area contributed by atoms with Gasteiger partial charge in [0.15, 0.2) is 5.78 Å². The Balaban J connectivity index is 2.12. The van der Waals surface area contributed by atoms with Crippen LogP contribution < -0.4 is 0 Å². The smallest absolute Gasteiger partial charge is 0.208 e. The van der Waals surface area contributed by atoms with Gasteiger partial charge in [-0.05, 0) is 30.7 Å². The first-order valence-electron chi connectivity index (χ1n) is 4.59. The summed E-state index contributed by atoms with van der Waals surface area (Å²) in [6, 6.07) is 0. The van der Waals surface area contributed by atoms with Crippen LogP contribution in [-0.4, -0.2) is 36.0 Å². The lowest BCUT2D eigenvalue weighted by atomic mass is 10.1. The quantitative estimate of drug-likeness (QED) is 0.600. The highest BCUT2D eigenvalue weighted by molar-refractivity contribution is 6.00. The van der Waals surface area contributed by atoms with Crippen LogP contribution in [0.1, 0.15) is 6.42 Å². The molecule has 2 aliphatic rings. The Kier molecular flexibility index (Phi) is 2.50. The number of ether oxygens (including phenoxy) is 2. The first kappa shape index (κ1) is 9.58. The van der Waals surface area contributed by atoms with Crippen LogP contribution >= 0.6 is 0 Å². The number of aliphatic hydroxyl groups excluding tert-OH is 1. The Morgan fingerprint density at radius 2 is 2.07 bits per heavy atom. The van der Waals surface area contributed by atoms with Crippen LogP contribution in [0.5, 0.6) is 0 Å². The Labute approximate surface area is 81.8 Å². The predicted molar refractivity (Wildman–Crippen MR) is 48.5 cm³/mol. The van der Waals surface area contributed by atoms with E-state index in [4.69, 9.17) is 9.47 Å². The number of allylic oxidation sites excluding steroid dienone is 2. The minimum atomic E-state index is -0.939. The van der Waals surface area contributed by atoms with Gasteiger partial charge in [0.25, 0.3) is 0 Å². The third-order valence-corrected chi connectivity index (χ3v) is 2.24. The fourth-order valence-corrected chi connectivity index (χ4v) is 1.41. The fraction of sp³-hybridized carbons (Fsp3) is 0.500. The molecule has 0 radical (unpaired) electrons. The zero-order valence-electron chi connectivity index (χ0n) is 7.68. The van der Waals surface area contributed by atoms with Crippen molar-refractivity contribution in [2.24, 2.45) is 0 Å². The summed E-state index contributed by atoms with van der Waals surface area (Å²) >= 11 is 0. The molecular formula is C10H12O4. The Bertz CT molecular complexity index is 276. The van der Waals surface area contributed by atoms with Gasteiger partial charge in [-0.3, -0.25) is 4.79 Å². The van der Waals surface area contributed by atoms with Crippen molar-refractivity contribution in [3.8, 4) is 0 Å². The van der Waals surface area contributed by atoms with Gasteiger partial charge in [0.2, 0.25) is 5.79 Å². The zero-order chi connectivity index (χ0) is 10.0. The van der Waals surface area contributed by atoms with E-state index in [2.05, 4.69) is 0 Å². The van der Waals surface area contributed by atoms with Gasteiger partial charge in [0, 0.05) is 0 Å². The van der Waals surface area contributed by atoms with E-state index in [1.807, 2.05) is 0 Å². The molecule has 1 saturated heterocycles. The molecule has 1 heterocycles. The molecule has 1 aliphatic heterocycles. The number of hydrogen-bond donors (Lipinski definition) is 1. The van der Waals surface area contributed by atoms with Crippen LogP contribution in [0.4, 0.5) is 0 Å². The van der Waals surface area contributed by atoms with E-state index in [1.165, 1.54) is 12.2 Å². The number of carbonyl (C=O) groups excluding carboxylic acids is 1. The van der Waals surface area contributed by atoms with Crippen molar-refractivity contribution in [2.75, 3.05) is 13.2 Å². The maximum Gasteiger partial charge on any atom is 0.208 e. The second-order valence-electron chi connectivity index (χ2n) is 3.39. The maximum atomic E-state index is 10.9. The molecule has 0 saturated carbocycles. The normalized spacial score (nSPS) is 30.6. The summed E-state index contributed by atoms with van der Waals surface area (Å²) in [6.45, 7) is 0.646. The molecular weight excluding hydrogens is 184 g/mol. The van der Waals surface area contributed by atoms with Gasteiger partial charge < -0.3 is 14.6 Å². The second-order valence-corrected chi connectivity index (χ2v) is 3.39. The summed E-state index contributed by atoms with van der Waals surface area (Å²) in [6.07, 6.45) is 6.04. The lowest BCUT2D eigenvalue weighted by Crippen LogP contribution is -2.33. The zero-order valence-corrected chi connectivity index (χ0v) is 7.68. The molecule has 1 atom stereocenters. The Morgan fingerprint density at radius 1 is 1.36 bits per heavy atom. The van der Waals surface area contributed by atoms with Crippen molar-refractivity contribution in [1.82, 2.24) is 0 Å². The topological polar surface area (TPSA) is 55.8 Å².